The molecule has 0 aliphatic carbocycles. The lowest BCUT2D eigenvalue weighted by Crippen LogP contribution is -2.23. The van der Waals surface area contributed by atoms with Gasteiger partial charge in [-0.25, -0.2) is 0 Å². The lowest BCUT2D eigenvalue weighted by Gasteiger charge is -2.21. The first-order valence-corrected chi connectivity index (χ1v) is 8.45. The molecule has 4 heteroatoms. The third-order valence-corrected chi connectivity index (χ3v) is 4.39. The van der Waals surface area contributed by atoms with Crippen LogP contribution in [0.1, 0.15) is 18.9 Å². The first-order valence-electron chi connectivity index (χ1n) is 7.61. The van der Waals surface area contributed by atoms with Gasteiger partial charge in [-0.1, -0.05) is 43.8 Å². The highest BCUT2D eigenvalue weighted by molar-refractivity contribution is 8.00. The highest BCUT2D eigenvalue weighted by atomic mass is 32.2. The molecule has 0 unspecified atom stereocenters. The zero-order valence-electron chi connectivity index (χ0n) is 13.7. The van der Waals surface area contributed by atoms with Crippen LogP contribution in [-0.2, 0) is 0 Å². The van der Waals surface area contributed by atoms with E-state index in [1.54, 1.807) is 11.9 Å². The smallest absolute Gasteiger partial charge is 0.0883 e. The Bertz CT molecular complexity index is 656. The van der Waals surface area contributed by atoms with Gasteiger partial charge in [-0.05, 0) is 48.2 Å². The second kappa shape index (κ2) is 8.44. The van der Waals surface area contributed by atoms with Gasteiger partial charge in [0.15, 0.2) is 0 Å². The molecular formula is C19H23N3S. The summed E-state index contributed by atoms with van der Waals surface area (Å²) in [5.74, 6) is 0. The molecule has 0 saturated heterocycles. The number of hydrogen-bond donors (Lipinski definition) is 1. The Kier molecular flexibility index (Phi) is 6.29. The van der Waals surface area contributed by atoms with Crippen LogP contribution in [0, 0.1) is 0 Å². The topological polar surface area (TPSA) is 27.6 Å². The fourth-order valence-corrected chi connectivity index (χ4v) is 2.99. The predicted molar refractivity (Wildman–Crippen MR) is 103 cm³/mol. The van der Waals surface area contributed by atoms with Gasteiger partial charge in [0.1, 0.15) is 0 Å². The van der Waals surface area contributed by atoms with Crippen molar-refractivity contribution < 1.29 is 0 Å². The Morgan fingerprint density at radius 1 is 1.30 bits per heavy atom. The predicted octanol–water partition coefficient (Wildman–Crippen LogP) is 4.60. The summed E-state index contributed by atoms with van der Waals surface area (Å²) in [4.78, 5) is 4.24. The van der Waals surface area contributed by atoms with Gasteiger partial charge in [-0.2, -0.15) is 0 Å². The molecule has 1 aromatic rings. The van der Waals surface area contributed by atoms with E-state index in [2.05, 4.69) is 60.1 Å². The van der Waals surface area contributed by atoms with Crippen molar-refractivity contribution in [3.05, 3.63) is 77.0 Å². The van der Waals surface area contributed by atoms with E-state index in [-0.39, 0.29) is 0 Å². The molecular weight excluding hydrogens is 302 g/mol. The van der Waals surface area contributed by atoms with Crippen LogP contribution in [0.2, 0.25) is 0 Å². The minimum Gasteiger partial charge on any atom is -0.381 e. The maximum atomic E-state index is 4.24. The zero-order chi connectivity index (χ0) is 16.7. The average Bonchev–Trinajstić information content (AvgIpc) is 2.73. The standard InChI is InChI=1S/C19H23N3S/c1-5-18(19(20-3)16-9-7-6-8-10-16)21-14-17-13-15(2)11-12-23-22(17)4/h6-13,21H,2-3,5,14H2,1,4H3/b19-18-. The number of benzene rings is 1. The average molecular weight is 325 g/mol. The number of likely N-dealkylation sites (N-methyl/N-ethyl adjacent to an activating group) is 1. The van der Waals surface area contributed by atoms with Crippen LogP contribution in [0.15, 0.2) is 76.4 Å². The van der Waals surface area contributed by atoms with Gasteiger partial charge < -0.3 is 9.62 Å². The van der Waals surface area contributed by atoms with Crippen molar-refractivity contribution in [1.29, 1.82) is 0 Å². The molecule has 120 valence electrons. The molecule has 2 rings (SSSR count). The molecule has 1 aromatic carbocycles. The number of allylic oxidation sites excluding steroid dienone is 4. The second-order valence-corrected chi connectivity index (χ2v) is 6.21. The van der Waals surface area contributed by atoms with Crippen LogP contribution >= 0.6 is 11.9 Å². The SMILES string of the molecule is C=N/C(=C(/CC)NCC1=CC(=C)C=CSN1C)c1ccccc1. The lowest BCUT2D eigenvalue weighted by atomic mass is 10.1. The van der Waals surface area contributed by atoms with E-state index < -0.39 is 0 Å². The van der Waals surface area contributed by atoms with Crippen LogP contribution in [0.3, 0.4) is 0 Å². The molecule has 0 atom stereocenters. The number of hydrogen-bond acceptors (Lipinski definition) is 4. The fourth-order valence-electron chi connectivity index (χ4n) is 2.32. The monoisotopic (exact) mass is 325 g/mol. The molecule has 0 spiro atoms. The largest absolute Gasteiger partial charge is 0.381 e. The summed E-state index contributed by atoms with van der Waals surface area (Å²) >= 11 is 1.65. The van der Waals surface area contributed by atoms with Crippen LogP contribution in [0.5, 0.6) is 0 Å². The van der Waals surface area contributed by atoms with Crippen LogP contribution < -0.4 is 5.32 Å². The van der Waals surface area contributed by atoms with Gasteiger partial charge in [-0.15, -0.1) is 0 Å². The minimum absolute atomic E-state index is 0.721. The van der Waals surface area contributed by atoms with Crippen molar-refractivity contribution in [3.8, 4) is 0 Å². The Morgan fingerprint density at radius 2 is 2.04 bits per heavy atom. The molecule has 1 heterocycles. The van der Waals surface area contributed by atoms with E-state index >= 15 is 0 Å². The maximum absolute atomic E-state index is 4.24. The molecule has 3 nitrogen and oxygen atoms in total. The first kappa shape index (κ1) is 17.2. The van der Waals surface area contributed by atoms with E-state index in [0.29, 0.717) is 0 Å². The summed E-state index contributed by atoms with van der Waals surface area (Å²) in [5.41, 5.74) is 5.26. The summed E-state index contributed by atoms with van der Waals surface area (Å²) < 4.78 is 2.14. The molecule has 0 saturated carbocycles. The molecule has 0 radical (unpaired) electrons. The zero-order valence-corrected chi connectivity index (χ0v) is 14.6. The van der Waals surface area contributed by atoms with Gasteiger partial charge in [0, 0.05) is 24.0 Å². The minimum atomic E-state index is 0.721. The van der Waals surface area contributed by atoms with E-state index in [1.165, 1.54) is 5.70 Å². The molecule has 0 aromatic heterocycles. The van der Waals surface area contributed by atoms with Gasteiger partial charge in [0.25, 0.3) is 0 Å². The van der Waals surface area contributed by atoms with Gasteiger partial charge in [0.2, 0.25) is 0 Å². The highest BCUT2D eigenvalue weighted by Crippen LogP contribution is 2.23. The summed E-state index contributed by atoms with van der Waals surface area (Å²) in [6.45, 7) is 10.6. The summed E-state index contributed by atoms with van der Waals surface area (Å²) in [5, 5.41) is 5.57. The molecule has 0 fully saturated rings. The van der Waals surface area contributed by atoms with E-state index in [9.17, 15) is 0 Å². The van der Waals surface area contributed by atoms with Gasteiger partial charge in [0.05, 0.1) is 12.2 Å². The van der Waals surface area contributed by atoms with Crippen LogP contribution in [0.4, 0.5) is 0 Å². The summed E-state index contributed by atoms with van der Waals surface area (Å²) in [7, 11) is 2.06. The number of rotatable bonds is 6. The number of aliphatic imine (C=N–C) groups is 1. The quantitative estimate of drug-likeness (QED) is 0.612. The van der Waals surface area contributed by atoms with Gasteiger partial charge in [-0.3, -0.25) is 4.99 Å². The number of nitrogens with one attached hydrogen (secondary N) is 1. The molecule has 1 aliphatic rings. The van der Waals surface area contributed by atoms with Gasteiger partial charge >= 0.3 is 0 Å². The first-order chi connectivity index (χ1) is 11.2. The summed E-state index contributed by atoms with van der Waals surface area (Å²) in [6, 6.07) is 10.1. The van der Waals surface area contributed by atoms with E-state index in [1.807, 2.05) is 29.7 Å². The molecule has 1 aliphatic heterocycles. The fraction of sp³-hybridized carbons (Fsp3) is 0.211. The van der Waals surface area contributed by atoms with Crippen molar-refractivity contribution in [3.63, 3.8) is 0 Å². The Hall–Kier alpha value is -2.20. The normalized spacial score (nSPS) is 15.7. The third kappa shape index (κ3) is 4.63. The Morgan fingerprint density at radius 3 is 2.70 bits per heavy atom. The highest BCUT2D eigenvalue weighted by Gasteiger charge is 2.10. The van der Waals surface area contributed by atoms with E-state index in [0.717, 1.165) is 35.5 Å². The number of nitrogens with zero attached hydrogens (tertiary/aromatic N) is 2. The van der Waals surface area contributed by atoms with Crippen LogP contribution in [-0.4, -0.2) is 24.6 Å². The van der Waals surface area contributed by atoms with Crippen molar-refractivity contribution >= 4 is 24.4 Å². The van der Waals surface area contributed by atoms with Crippen molar-refractivity contribution in [2.24, 2.45) is 4.99 Å². The Labute approximate surface area is 143 Å². The molecule has 0 bridgehead atoms. The van der Waals surface area contributed by atoms with Crippen molar-refractivity contribution in [1.82, 2.24) is 9.62 Å². The second-order valence-electron chi connectivity index (χ2n) is 5.17. The molecule has 0 amide bonds. The molecule has 23 heavy (non-hydrogen) atoms. The van der Waals surface area contributed by atoms with Crippen molar-refractivity contribution in [2.45, 2.75) is 13.3 Å². The molecule has 1 N–H and O–H groups in total. The maximum Gasteiger partial charge on any atom is 0.0883 e. The van der Waals surface area contributed by atoms with Crippen molar-refractivity contribution in [2.75, 3.05) is 13.6 Å². The third-order valence-electron chi connectivity index (χ3n) is 3.59. The van der Waals surface area contributed by atoms with E-state index in [4.69, 9.17) is 0 Å². The Balaban J connectivity index is 2.20. The lowest BCUT2D eigenvalue weighted by molar-refractivity contribution is 0.647. The van der Waals surface area contributed by atoms with Crippen LogP contribution in [0.25, 0.3) is 5.70 Å². The summed E-state index contributed by atoms with van der Waals surface area (Å²) in [6.07, 6.45) is 4.98.